The van der Waals surface area contributed by atoms with Gasteiger partial charge in [0.1, 0.15) is 6.54 Å². The highest BCUT2D eigenvalue weighted by Gasteiger charge is 2.18. The Morgan fingerprint density at radius 1 is 1.25 bits per heavy atom. The monoisotopic (exact) mass is 312 g/mol. The Morgan fingerprint density at radius 2 is 2.00 bits per heavy atom. The van der Waals surface area contributed by atoms with Crippen LogP contribution < -0.4 is 0 Å². The van der Waals surface area contributed by atoms with Crippen LogP contribution in [-0.2, 0) is 16.1 Å². The SMILES string of the molecule is O=C(Cn1ccc2c(Cl)cc(Cl)cc21)N1CCOCC1. The topological polar surface area (TPSA) is 34.5 Å². The predicted octanol–water partition coefficient (Wildman–Crippen LogP) is 2.81. The molecule has 0 aliphatic carbocycles. The highest BCUT2D eigenvalue weighted by molar-refractivity contribution is 6.38. The maximum Gasteiger partial charge on any atom is 0.242 e. The minimum atomic E-state index is 0.0851. The quantitative estimate of drug-likeness (QED) is 0.854. The number of morpholine rings is 1. The second-order valence-corrected chi connectivity index (χ2v) is 5.60. The molecule has 0 spiro atoms. The molecule has 1 aromatic carbocycles. The van der Waals surface area contributed by atoms with Crippen molar-refractivity contribution in [2.75, 3.05) is 26.3 Å². The molecule has 106 valence electrons. The van der Waals surface area contributed by atoms with Crippen molar-refractivity contribution in [3.8, 4) is 0 Å². The first-order chi connectivity index (χ1) is 9.65. The summed E-state index contributed by atoms with van der Waals surface area (Å²) in [7, 11) is 0. The standard InChI is InChI=1S/C14H14Cl2N2O2/c15-10-7-12(16)11-1-2-18(13(11)8-10)9-14(19)17-3-5-20-6-4-17/h1-2,7-8H,3-6,9H2. The maximum atomic E-state index is 12.3. The fourth-order valence-corrected chi connectivity index (χ4v) is 2.96. The van der Waals surface area contributed by atoms with Crippen molar-refractivity contribution >= 4 is 40.0 Å². The van der Waals surface area contributed by atoms with Gasteiger partial charge in [0.25, 0.3) is 0 Å². The smallest absolute Gasteiger partial charge is 0.242 e. The van der Waals surface area contributed by atoms with Crippen LogP contribution in [0.1, 0.15) is 0 Å². The molecule has 1 amide bonds. The van der Waals surface area contributed by atoms with E-state index in [2.05, 4.69) is 0 Å². The van der Waals surface area contributed by atoms with Crippen LogP contribution in [0.15, 0.2) is 24.4 Å². The molecule has 2 heterocycles. The summed E-state index contributed by atoms with van der Waals surface area (Å²) in [5.41, 5.74) is 0.879. The zero-order valence-electron chi connectivity index (χ0n) is 10.8. The lowest BCUT2D eigenvalue weighted by atomic mass is 10.2. The van der Waals surface area contributed by atoms with Crippen molar-refractivity contribution in [2.45, 2.75) is 6.54 Å². The number of halogens is 2. The van der Waals surface area contributed by atoms with Crippen molar-refractivity contribution in [1.82, 2.24) is 9.47 Å². The summed E-state index contributed by atoms with van der Waals surface area (Å²) < 4.78 is 7.13. The Labute approximate surface area is 126 Å². The van der Waals surface area contributed by atoms with Gasteiger partial charge in [-0.1, -0.05) is 23.2 Å². The molecule has 0 saturated carbocycles. The average molecular weight is 313 g/mol. The second-order valence-electron chi connectivity index (χ2n) is 4.76. The molecule has 0 atom stereocenters. The number of amides is 1. The summed E-state index contributed by atoms with van der Waals surface area (Å²) in [6.07, 6.45) is 1.87. The molecular formula is C14H14Cl2N2O2. The lowest BCUT2D eigenvalue weighted by Gasteiger charge is -2.27. The Kier molecular flexibility index (Phi) is 3.87. The molecule has 6 heteroatoms. The van der Waals surface area contributed by atoms with Crippen LogP contribution in [0, 0.1) is 0 Å². The second kappa shape index (κ2) is 5.64. The van der Waals surface area contributed by atoms with E-state index < -0.39 is 0 Å². The van der Waals surface area contributed by atoms with Gasteiger partial charge in [0.05, 0.1) is 23.8 Å². The van der Waals surface area contributed by atoms with Crippen molar-refractivity contribution in [2.24, 2.45) is 0 Å². The molecule has 0 N–H and O–H groups in total. The van der Waals surface area contributed by atoms with Crippen molar-refractivity contribution < 1.29 is 9.53 Å². The van der Waals surface area contributed by atoms with E-state index in [4.69, 9.17) is 27.9 Å². The Hall–Kier alpha value is -1.23. The van der Waals surface area contributed by atoms with E-state index in [1.807, 2.05) is 27.8 Å². The van der Waals surface area contributed by atoms with Crippen LogP contribution in [0.2, 0.25) is 10.0 Å². The van der Waals surface area contributed by atoms with Gasteiger partial charge in [0, 0.05) is 29.7 Å². The van der Waals surface area contributed by atoms with Gasteiger partial charge in [-0.2, -0.15) is 0 Å². The van der Waals surface area contributed by atoms with Crippen LogP contribution in [0.5, 0.6) is 0 Å². The van der Waals surface area contributed by atoms with Crippen molar-refractivity contribution in [1.29, 1.82) is 0 Å². The lowest BCUT2D eigenvalue weighted by molar-refractivity contribution is -0.135. The molecule has 4 nitrogen and oxygen atoms in total. The largest absolute Gasteiger partial charge is 0.378 e. The van der Waals surface area contributed by atoms with E-state index in [1.54, 1.807) is 6.07 Å². The van der Waals surface area contributed by atoms with Crippen molar-refractivity contribution in [3.63, 3.8) is 0 Å². The Bertz CT molecular complexity index is 648. The van der Waals surface area contributed by atoms with E-state index >= 15 is 0 Å². The van der Waals surface area contributed by atoms with Crippen LogP contribution in [0.25, 0.3) is 10.9 Å². The van der Waals surface area contributed by atoms with Crippen LogP contribution >= 0.6 is 23.2 Å². The molecule has 0 radical (unpaired) electrons. The number of aromatic nitrogens is 1. The first-order valence-electron chi connectivity index (χ1n) is 6.44. The fraction of sp³-hybridized carbons (Fsp3) is 0.357. The van der Waals surface area contributed by atoms with Gasteiger partial charge in [0.2, 0.25) is 5.91 Å². The number of ether oxygens (including phenoxy) is 1. The molecule has 1 aromatic heterocycles. The van der Waals surface area contributed by atoms with Gasteiger partial charge in [-0.05, 0) is 18.2 Å². The maximum absolute atomic E-state index is 12.3. The van der Waals surface area contributed by atoms with Gasteiger partial charge in [0.15, 0.2) is 0 Å². The lowest BCUT2D eigenvalue weighted by Crippen LogP contribution is -2.42. The minimum Gasteiger partial charge on any atom is -0.378 e. The summed E-state index contributed by atoms with van der Waals surface area (Å²) >= 11 is 12.2. The molecule has 20 heavy (non-hydrogen) atoms. The van der Waals surface area contributed by atoms with Crippen molar-refractivity contribution in [3.05, 3.63) is 34.4 Å². The summed E-state index contributed by atoms with van der Waals surface area (Å²) in [6, 6.07) is 5.44. The molecule has 1 fully saturated rings. The third kappa shape index (κ3) is 2.64. The number of hydrogen-bond acceptors (Lipinski definition) is 2. The number of carbonyl (C=O) groups excluding carboxylic acids is 1. The number of carbonyl (C=O) groups is 1. The van der Waals surface area contributed by atoms with Gasteiger partial charge >= 0.3 is 0 Å². The summed E-state index contributed by atoms with van der Waals surface area (Å²) in [4.78, 5) is 14.1. The molecule has 1 aliphatic heterocycles. The van der Waals surface area contributed by atoms with Crippen LogP contribution in [0.4, 0.5) is 0 Å². The molecular weight excluding hydrogens is 299 g/mol. The Balaban J connectivity index is 1.85. The van der Waals surface area contributed by atoms with E-state index in [0.717, 1.165) is 10.9 Å². The predicted molar refractivity (Wildman–Crippen MR) is 79.4 cm³/mol. The Morgan fingerprint density at radius 3 is 2.75 bits per heavy atom. The highest BCUT2D eigenvalue weighted by atomic mass is 35.5. The number of fused-ring (bicyclic) bond motifs is 1. The molecule has 1 aliphatic rings. The fourth-order valence-electron chi connectivity index (χ4n) is 2.41. The third-order valence-electron chi connectivity index (χ3n) is 3.47. The van der Waals surface area contributed by atoms with Gasteiger partial charge in [-0.3, -0.25) is 4.79 Å². The van der Waals surface area contributed by atoms with Gasteiger partial charge < -0.3 is 14.2 Å². The minimum absolute atomic E-state index is 0.0851. The summed E-state index contributed by atoms with van der Waals surface area (Å²) in [6.45, 7) is 2.81. The van der Waals surface area contributed by atoms with Gasteiger partial charge in [-0.15, -0.1) is 0 Å². The van der Waals surface area contributed by atoms with E-state index in [-0.39, 0.29) is 5.91 Å². The first-order valence-corrected chi connectivity index (χ1v) is 7.20. The third-order valence-corrected chi connectivity index (χ3v) is 4.00. The zero-order chi connectivity index (χ0) is 14.1. The van der Waals surface area contributed by atoms with E-state index in [0.29, 0.717) is 42.9 Å². The summed E-state index contributed by atoms with van der Waals surface area (Å²) in [5.74, 6) is 0.0851. The highest BCUT2D eigenvalue weighted by Crippen LogP contribution is 2.28. The summed E-state index contributed by atoms with van der Waals surface area (Å²) in [5, 5.41) is 2.08. The normalized spacial score (nSPS) is 15.8. The average Bonchev–Trinajstić information content (AvgIpc) is 2.83. The zero-order valence-corrected chi connectivity index (χ0v) is 12.3. The molecule has 0 bridgehead atoms. The van der Waals surface area contributed by atoms with Crippen LogP contribution in [-0.4, -0.2) is 41.7 Å². The van der Waals surface area contributed by atoms with Crippen LogP contribution in [0.3, 0.4) is 0 Å². The number of benzene rings is 1. The molecule has 2 aromatic rings. The molecule has 1 saturated heterocycles. The first kappa shape index (κ1) is 13.7. The number of nitrogens with zero attached hydrogens (tertiary/aromatic N) is 2. The molecule has 0 unspecified atom stereocenters. The number of hydrogen-bond donors (Lipinski definition) is 0. The van der Waals surface area contributed by atoms with Gasteiger partial charge in [-0.25, -0.2) is 0 Å². The molecule has 3 rings (SSSR count). The number of rotatable bonds is 2. The van der Waals surface area contributed by atoms with E-state index in [1.165, 1.54) is 0 Å². The van der Waals surface area contributed by atoms with E-state index in [9.17, 15) is 4.79 Å².